The van der Waals surface area contributed by atoms with Crippen LogP contribution in [0.4, 0.5) is 4.39 Å². The zero-order valence-corrected chi connectivity index (χ0v) is 11.5. The summed E-state index contributed by atoms with van der Waals surface area (Å²) in [6.45, 7) is 1.91. The SMILES string of the molecule is CCC(N)(CCCS(C)(=O)=O)c1ccc(F)cn1. The molecular weight excluding hydrogens is 255 g/mol. The molecule has 102 valence electrons. The number of pyridine rings is 1. The van der Waals surface area contributed by atoms with Gasteiger partial charge in [0.1, 0.15) is 15.7 Å². The molecule has 0 saturated carbocycles. The molecule has 0 spiro atoms. The van der Waals surface area contributed by atoms with Gasteiger partial charge in [-0.15, -0.1) is 0 Å². The molecule has 0 aliphatic rings. The Morgan fingerprint density at radius 2 is 2.11 bits per heavy atom. The van der Waals surface area contributed by atoms with Gasteiger partial charge >= 0.3 is 0 Å². The summed E-state index contributed by atoms with van der Waals surface area (Å²) in [5, 5.41) is 0. The highest BCUT2D eigenvalue weighted by molar-refractivity contribution is 7.90. The van der Waals surface area contributed by atoms with Crippen molar-refractivity contribution in [3.8, 4) is 0 Å². The van der Waals surface area contributed by atoms with Gasteiger partial charge in [0.25, 0.3) is 0 Å². The van der Waals surface area contributed by atoms with E-state index in [1.165, 1.54) is 12.3 Å². The highest BCUT2D eigenvalue weighted by Gasteiger charge is 2.26. The van der Waals surface area contributed by atoms with Crippen LogP contribution in [0.3, 0.4) is 0 Å². The second-order valence-corrected chi connectivity index (χ2v) is 6.86. The first-order valence-corrected chi connectivity index (χ1v) is 7.91. The molecule has 0 bridgehead atoms. The standard InChI is InChI=1S/C12H19FN2O2S/c1-3-12(14,7-4-8-18(2,16)17)11-6-5-10(13)9-15-11/h5-6,9H,3-4,7-8,14H2,1-2H3. The van der Waals surface area contributed by atoms with Gasteiger partial charge < -0.3 is 5.73 Å². The Balaban J connectivity index is 2.76. The molecule has 0 aromatic carbocycles. The molecule has 18 heavy (non-hydrogen) atoms. The molecule has 1 aromatic heterocycles. The van der Waals surface area contributed by atoms with E-state index in [4.69, 9.17) is 5.73 Å². The molecule has 1 aromatic rings. The number of sulfone groups is 1. The fourth-order valence-corrected chi connectivity index (χ4v) is 2.47. The average molecular weight is 274 g/mol. The molecule has 0 saturated heterocycles. The second-order valence-electron chi connectivity index (χ2n) is 4.60. The maximum Gasteiger partial charge on any atom is 0.147 e. The van der Waals surface area contributed by atoms with Gasteiger partial charge in [0.2, 0.25) is 0 Å². The van der Waals surface area contributed by atoms with Crippen molar-refractivity contribution < 1.29 is 12.8 Å². The first-order valence-electron chi connectivity index (χ1n) is 5.85. The maximum absolute atomic E-state index is 12.8. The van der Waals surface area contributed by atoms with Crippen LogP contribution in [0.5, 0.6) is 0 Å². The lowest BCUT2D eigenvalue weighted by atomic mass is 9.88. The van der Waals surface area contributed by atoms with E-state index < -0.39 is 21.2 Å². The summed E-state index contributed by atoms with van der Waals surface area (Å²) < 4.78 is 35.0. The van der Waals surface area contributed by atoms with E-state index in [-0.39, 0.29) is 5.75 Å². The van der Waals surface area contributed by atoms with Crippen LogP contribution in [0.25, 0.3) is 0 Å². The Bertz CT molecular complexity index is 487. The quantitative estimate of drug-likeness (QED) is 0.855. The zero-order chi connectivity index (χ0) is 13.8. The summed E-state index contributed by atoms with van der Waals surface area (Å²) in [6, 6.07) is 2.87. The summed E-state index contributed by atoms with van der Waals surface area (Å²) >= 11 is 0. The van der Waals surface area contributed by atoms with E-state index in [1.54, 1.807) is 6.07 Å². The van der Waals surface area contributed by atoms with Gasteiger partial charge in [0.15, 0.2) is 0 Å². The van der Waals surface area contributed by atoms with Crippen LogP contribution < -0.4 is 5.73 Å². The Hall–Kier alpha value is -1.01. The lowest BCUT2D eigenvalue weighted by molar-refractivity contribution is 0.378. The highest BCUT2D eigenvalue weighted by Crippen LogP contribution is 2.25. The van der Waals surface area contributed by atoms with Crippen LogP contribution in [-0.4, -0.2) is 25.4 Å². The van der Waals surface area contributed by atoms with Gasteiger partial charge in [0.05, 0.1) is 17.4 Å². The fourth-order valence-electron chi connectivity index (χ4n) is 1.81. The first kappa shape index (κ1) is 15.0. The van der Waals surface area contributed by atoms with Crippen molar-refractivity contribution in [3.05, 3.63) is 29.8 Å². The second kappa shape index (κ2) is 5.75. The van der Waals surface area contributed by atoms with Crippen LogP contribution in [0.15, 0.2) is 18.3 Å². The van der Waals surface area contributed by atoms with E-state index in [9.17, 15) is 12.8 Å². The molecule has 0 radical (unpaired) electrons. The first-order chi connectivity index (χ1) is 8.27. The normalized spacial score (nSPS) is 15.3. The Morgan fingerprint density at radius 1 is 1.44 bits per heavy atom. The molecule has 6 heteroatoms. The molecule has 1 atom stereocenters. The number of halogens is 1. The van der Waals surface area contributed by atoms with Crippen molar-refractivity contribution >= 4 is 9.84 Å². The summed E-state index contributed by atoms with van der Waals surface area (Å²) in [5.74, 6) is -0.305. The van der Waals surface area contributed by atoms with E-state index >= 15 is 0 Å². The predicted molar refractivity (Wildman–Crippen MR) is 69.3 cm³/mol. The lowest BCUT2D eigenvalue weighted by Crippen LogP contribution is -2.37. The Morgan fingerprint density at radius 3 is 2.56 bits per heavy atom. The third kappa shape index (κ3) is 4.34. The summed E-state index contributed by atoms with van der Waals surface area (Å²) in [6.07, 6.45) is 3.93. The summed E-state index contributed by atoms with van der Waals surface area (Å²) in [7, 11) is -2.98. The fraction of sp³-hybridized carbons (Fsp3) is 0.583. The average Bonchev–Trinajstić information content (AvgIpc) is 2.28. The minimum atomic E-state index is -2.98. The molecule has 1 heterocycles. The third-order valence-electron chi connectivity index (χ3n) is 3.01. The van der Waals surface area contributed by atoms with Crippen LogP contribution in [-0.2, 0) is 15.4 Å². The largest absolute Gasteiger partial charge is 0.320 e. The van der Waals surface area contributed by atoms with Crippen molar-refractivity contribution in [3.63, 3.8) is 0 Å². The van der Waals surface area contributed by atoms with Crippen LogP contribution >= 0.6 is 0 Å². The van der Waals surface area contributed by atoms with E-state index in [0.717, 1.165) is 6.20 Å². The third-order valence-corrected chi connectivity index (χ3v) is 4.04. The molecule has 0 aliphatic heterocycles. The van der Waals surface area contributed by atoms with E-state index in [2.05, 4.69) is 4.98 Å². The highest BCUT2D eigenvalue weighted by atomic mass is 32.2. The summed E-state index contributed by atoms with van der Waals surface area (Å²) in [5.41, 5.74) is 6.12. The number of aromatic nitrogens is 1. The Labute approximate surface area is 107 Å². The van der Waals surface area contributed by atoms with Crippen LogP contribution in [0.1, 0.15) is 31.9 Å². The van der Waals surface area contributed by atoms with Gasteiger partial charge in [-0.25, -0.2) is 12.8 Å². The smallest absolute Gasteiger partial charge is 0.147 e. The predicted octanol–water partition coefficient (Wildman–Crippen LogP) is 1.61. The minimum Gasteiger partial charge on any atom is -0.320 e. The van der Waals surface area contributed by atoms with E-state index in [1.807, 2.05) is 6.92 Å². The van der Waals surface area contributed by atoms with Crippen molar-refractivity contribution in [2.75, 3.05) is 12.0 Å². The zero-order valence-electron chi connectivity index (χ0n) is 10.7. The Kier molecular flexibility index (Phi) is 4.81. The van der Waals surface area contributed by atoms with Crippen molar-refractivity contribution in [2.45, 2.75) is 31.7 Å². The van der Waals surface area contributed by atoms with Crippen molar-refractivity contribution in [1.82, 2.24) is 4.98 Å². The molecule has 1 unspecified atom stereocenters. The lowest BCUT2D eigenvalue weighted by Gasteiger charge is -2.27. The molecule has 1 rings (SSSR count). The van der Waals surface area contributed by atoms with E-state index in [0.29, 0.717) is 25.0 Å². The summed E-state index contributed by atoms with van der Waals surface area (Å²) in [4.78, 5) is 3.99. The van der Waals surface area contributed by atoms with Gasteiger partial charge in [-0.05, 0) is 31.4 Å². The number of rotatable bonds is 6. The van der Waals surface area contributed by atoms with Gasteiger partial charge in [-0.2, -0.15) is 0 Å². The maximum atomic E-state index is 12.8. The number of hydrogen-bond donors (Lipinski definition) is 1. The molecule has 0 fully saturated rings. The molecular formula is C12H19FN2O2S. The number of nitrogens with zero attached hydrogens (tertiary/aromatic N) is 1. The number of nitrogens with two attached hydrogens (primary N) is 1. The van der Waals surface area contributed by atoms with Gasteiger partial charge in [-0.3, -0.25) is 4.98 Å². The molecule has 4 nitrogen and oxygen atoms in total. The molecule has 0 amide bonds. The number of hydrogen-bond acceptors (Lipinski definition) is 4. The van der Waals surface area contributed by atoms with Crippen LogP contribution in [0.2, 0.25) is 0 Å². The monoisotopic (exact) mass is 274 g/mol. The van der Waals surface area contributed by atoms with Gasteiger partial charge in [0, 0.05) is 12.0 Å². The topological polar surface area (TPSA) is 73.1 Å². The van der Waals surface area contributed by atoms with Crippen molar-refractivity contribution in [2.24, 2.45) is 5.73 Å². The molecule has 0 aliphatic carbocycles. The minimum absolute atomic E-state index is 0.104. The van der Waals surface area contributed by atoms with Crippen molar-refractivity contribution in [1.29, 1.82) is 0 Å². The van der Waals surface area contributed by atoms with Gasteiger partial charge in [-0.1, -0.05) is 6.92 Å². The van der Waals surface area contributed by atoms with Crippen LogP contribution in [0, 0.1) is 5.82 Å². The molecule has 2 N–H and O–H groups in total.